The average molecular weight is 418 g/mol. The number of aryl methyl sites for hydroxylation is 1. The molecule has 1 aliphatic rings. The number of hydrogen-bond acceptors (Lipinski definition) is 5. The largest absolute Gasteiger partial charge is 0.369 e. The van der Waals surface area contributed by atoms with Gasteiger partial charge in [0.05, 0.1) is 16.3 Å². The number of nitrogens with zero attached hydrogens (tertiary/aromatic N) is 2. The van der Waals surface area contributed by atoms with E-state index in [4.69, 9.17) is 5.73 Å². The normalized spacial score (nSPS) is 17.5. The third kappa shape index (κ3) is 3.24. The van der Waals surface area contributed by atoms with Gasteiger partial charge in [0.25, 0.3) is 5.56 Å². The Bertz CT molecular complexity index is 1140. The molecule has 2 aromatic heterocycles. The number of carbonyl (C=O) groups is 1. The van der Waals surface area contributed by atoms with E-state index in [1.165, 1.54) is 26.8 Å². The lowest BCUT2D eigenvalue weighted by Gasteiger charge is -2.18. The molecule has 2 N–H and O–H groups in total. The van der Waals surface area contributed by atoms with Gasteiger partial charge < -0.3 is 5.73 Å². The van der Waals surface area contributed by atoms with Crippen molar-refractivity contribution in [1.29, 1.82) is 0 Å². The number of thiophene rings is 1. The van der Waals surface area contributed by atoms with E-state index < -0.39 is 17.0 Å². The molecule has 0 fully saturated rings. The molecule has 0 saturated heterocycles. The lowest BCUT2D eigenvalue weighted by Crippen LogP contribution is -2.27. The minimum atomic E-state index is -0.600. The van der Waals surface area contributed by atoms with E-state index in [1.807, 2.05) is 0 Å². The molecule has 0 radical (unpaired) electrons. The molecule has 0 spiro atoms. The van der Waals surface area contributed by atoms with Gasteiger partial charge in [0.1, 0.15) is 10.6 Å². The number of rotatable bonds is 4. The Hall–Kier alpha value is -2.19. The highest BCUT2D eigenvalue weighted by Gasteiger charge is 2.26. The van der Waals surface area contributed by atoms with Crippen LogP contribution in [0.15, 0.2) is 34.2 Å². The Morgan fingerprint density at radius 3 is 2.89 bits per heavy atom. The van der Waals surface area contributed by atoms with Crippen LogP contribution in [0.5, 0.6) is 0 Å². The minimum Gasteiger partial charge on any atom is -0.369 e. The fourth-order valence-corrected chi connectivity index (χ4v) is 5.81. The monoisotopic (exact) mass is 417 g/mol. The van der Waals surface area contributed by atoms with E-state index in [-0.39, 0.29) is 16.4 Å². The zero-order chi connectivity index (χ0) is 20.0. The van der Waals surface area contributed by atoms with Gasteiger partial charge >= 0.3 is 0 Å². The first-order valence-corrected chi connectivity index (χ1v) is 10.8. The Balaban J connectivity index is 2.01. The van der Waals surface area contributed by atoms with Gasteiger partial charge in [0.15, 0.2) is 5.16 Å². The second-order valence-electron chi connectivity index (χ2n) is 7.18. The summed E-state index contributed by atoms with van der Waals surface area (Å²) in [6, 6.07) is 6.10. The van der Waals surface area contributed by atoms with Crippen molar-refractivity contribution in [2.24, 2.45) is 11.7 Å². The summed E-state index contributed by atoms with van der Waals surface area (Å²) in [5.74, 6) is -0.464. The highest BCUT2D eigenvalue weighted by Crippen LogP contribution is 2.37. The van der Waals surface area contributed by atoms with Crippen LogP contribution in [0.25, 0.3) is 15.9 Å². The molecule has 0 unspecified atom stereocenters. The number of halogens is 1. The molecule has 28 heavy (non-hydrogen) atoms. The summed E-state index contributed by atoms with van der Waals surface area (Å²) in [5, 5.41) is 0.253. The quantitative estimate of drug-likeness (QED) is 0.519. The number of aromatic nitrogens is 2. The van der Waals surface area contributed by atoms with Crippen LogP contribution in [-0.2, 0) is 17.6 Å². The lowest BCUT2D eigenvalue weighted by molar-refractivity contribution is -0.117. The van der Waals surface area contributed by atoms with Crippen molar-refractivity contribution in [2.75, 3.05) is 0 Å². The zero-order valence-electron chi connectivity index (χ0n) is 15.6. The summed E-state index contributed by atoms with van der Waals surface area (Å²) in [5.41, 5.74) is 6.28. The number of carbonyl (C=O) groups excluding carboxylic acids is 1. The van der Waals surface area contributed by atoms with Gasteiger partial charge in [-0.3, -0.25) is 14.2 Å². The number of nitrogens with two attached hydrogens (primary N) is 1. The van der Waals surface area contributed by atoms with Gasteiger partial charge in [-0.2, -0.15) is 0 Å². The molecule has 2 heterocycles. The molecule has 1 aliphatic carbocycles. The Kier molecular flexibility index (Phi) is 5.01. The van der Waals surface area contributed by atoms with Crippen molar-refractivity contribution in [1.82, 2.24) is 9.55 Å². The third-order valence-corrected chi connectivity index (χ3v) is 7.29. The van der Waals surface area contributed by atoms with Gasteiger partial charge in [0.2, 0.25) is 5.91 Å². The maximum absolute atomic E-state index is 14.6. The minimum absolute atomic E-state index is 0.130. The number of benzene rings is 1. The van der Waals surface area contributed by atoms with Crippen molar-refractivity contribution in [3.05, 3.63) is 50.9 Å². The van der Waals surface area contributed by atoms with Crippen LogP contribution in [0.4, 0.5) is 4.39 Å². The molecule has 5 nitrogen and oxygen atoms in total. The smallest absolute Gasteiger partial charge is 0.267 e. The van der Waals surface area contributed by atoms with Crippen LogP contribution in [0.3, 0.4) is 0 Å². The number of hydrogen-bond donors (Lipinski definition) is 1. The van der Waals surface area contributed by atoms with Crippen LogP contribution < -0.4 is 11.3 Å². The molecule has 146 valence electrons. The van der Waals surface area contributed by atoms with Crippen molar-refractivity contribution in [2.45, 2.75) is 43.5 Å². The van der Waals surface area contributed by atoms with E-state index in [1.54, 1.807) is 25.1 Å². The molecule has 1 amide bonds. The highest BCUT2D eigenvalue weighted by molar-refractivity contribution is 8.00. The number of para-hydroxylation sites is 1. The van der Waals surface area contributed by atoms with Gasteiger partial charge in [-0.15, -0.1) is 11.3 Å². The summed E-state index contributed by atoms with van der Waals surface area (Å²) < 4.78 is 15.8. The van der Waals surface area contributed by atoms with Crippen LogP contribution in [0.2, 0.25) is 0 Å². The van der Waals surface area contributed by atoms with Crippen LogP contribution in [0.1, 0.15) is 30.7 Å². The van der Waals surface area contributed by atoms with Gasteiger partial charge in [-0.05, 0) is 49.8 Å². The number of fused-ring (bicyclic) bond motifs is 3. The summed E-state index contributed by atoms with van der Waals surface area (Å²) in [6.07, 6.45) is 2.78. The van der Waals surface area contributed by atoms with Crippen LogP contribution >= 0.6 is 23.1 Å². The maximum Gasteiger partial charge on any atom is 0.267 e. The Morgan fingerprint density at radius 2 is 2.18 bits per heavy atom. The topological polar surface area (TPSA) is 78.0 Å². The van der Waals surface area contributed by atoms with Crippen molar-refractivity contribution >= 4 is 39.2 Å². The van der Waals surface area contributed by atoms with E-state index in [2.05, 4.69) is 11.9 Å². The average Bonchev–Trinajstić information content (AvgIpc) is 3.00. The second kappa shape index (κ2) is 7.33. The molecular weight excluding hydrogens is 397 g/mol. The predicted octanol–water partition coefficient (Wildman–Crippen LogP) is 3.68. The van der Waals surface area contributed by atoms with E-state index in [9.17, 15) is 14.0 Å². The predicted molar refractivity (Wildman–Crippen MR) is 111 cm³/mol. The Labute approximate surface area is 169 Å². The first kappa shape index (κ1) is 19.1. The number of thioether (sulfide) groups is 1. The Morgan fingerprint density at radius 1 is 1.43 bits per heavy atom. The van der Waals surface area contributed by atoms with Crippen molar-refractivity contribution < 1.29 is 9.18 Å². The van der Waals surface area contributed by atoms with E-state index >= 15 is 0 Å². The molecule has 1 aromatic carbocycles. The van der Waals surface area contributed by atoms with Crippen molar-refractivity contribution in [3.8, 4) is 5.69 Å². The van der Waals surface area contributed by atoms with E-state index in [0.29, 0.717) is 16.1 Å². The van der Waals surface area contributed by atoms with Crippen LogP contribution in [-0.4, -0.2) is 20.7 Å². The number of primary amides is 1. The molecule has 0 aliphatic heterocycles. The fourth-order valence-electron chi connectivity index (χ4n) is 3.51. The highest BCUT2D eigenvalue weighted by atomic mass is 32.2. The van der Waals surface area contributed by atoms with E-state index in [0.717, 1.165) is 36.6 Å². The molecule has 4 rings (SSSR count). The SMILES string of the molecule is C[C@@H]1CCc2c(sc3nc(S[C@H](C)C(N)=O)n(-c4ccccc4F)c(=O)c23)C1. The van der Waals surface area contributed by atoms with Crippen molar-refractivity contribution in [3.63, 3.8) is 0 Å². The van der Waals surface area contributed by atoms with Gasteiger partial charge in [-0.1, -0.05) is 30.8 Å². The first-order chi connectivity index (χ1) is 13.4. The summed E-state index contributed by atoms with van der Waals surface area (Å²) >= 11 is 2.60. The number of amides is 1. The fraction of sp³-hybridized carbons (Fsp3) is 0.350. The second-order valence-corrected chi connectivity index (χ2v) is 9.57. The van der Waals surface area contributed by atoms with Gasteiger partial charge in [0, 0.05) is 4.88 Å². The molecule has 8 heteroatoms. The molecule has 0 saturated carbocycles. The summed E-state index contributed by atoms with van der Waals surface area (Å²) in [7, 11) is 0. The third-order valence-electron chi connectivity index (χ3n) is 5.07. The van der Waals surface area contributed by atoms with Crippen LogP contribution in [0, 0.1) is 11.7 Å². The lowest BCUT2D eigenvalue weighted by atomic mass is 9.89. The summed E-state index contributed by atoms with van der Waals surface area (Å²) in [6.45, 7) is 3.85. The zero-order valence-corrected chi connectivity index (χ0v) is 17.2. The molecule has 3 aromatic rings. The summed E-state index contributed by atoms with van der Waals surface area (Å²) in [4.78, 5) is 31.6. The molecular formula is C20H20FN3O2S2. The first-order valence-electron chi connectivity index (χ1n) is 9.15. The molecule has 0 bridgehead atoms. The molecule has 2 atom stereocenters. The standard InChI is InChI=1S/C20H20FN3O2S2/c1-10-7-8-12-15(9-10)28-18-16(12)19(26)24(14-6-4-3-5-13(14)21)20(23-18)27-11(2)17(22)25/h3-6,10-11H,7-9H2,1-2H3,(H2,22,25)/t10-,11-/m1/s1. The maximum atomic E-state index is 14.6. The van der Waals surface area contributed by atoms with Gasteiger partial charge in [-0.25, -0.2) is 9.37 Å².